The molecule has 0 unspecified atom stereocenters. The average molecular weight is 257 g/mol. The van der Waals surface area contributed by atoms with Crippen LogP contribution in [0.2, 0.25) is 0 Å². The fourth-order valence-electron chi connectivity index (χ4n) is 1.51. The van der Waals surface area contributed by atoms with Crippen molar-refractivity contribution < 1.29 is 13.9 Å². The maximum absolute atomic E-state index is 12.8. The largest absolute Gasteiger partial charge is 0.457 e. The van der Waals surface area contributed by atoms with E-state index in [2.05, 4.69) is 0 Å². The minimum atomic E-state index is -0.531. The number of carbonyl (C=O) groups excluding carboxylic acids is 1. The third kappa shape index (κ3) is 3.67. The van der Waals surface area contributed by atoms with E-state index in [1.165, 1.54) is 30.3 Å². The molecule has 19 heavy (non-hydrogen) atoms. The van der Waals surface area contributed by atoms with Crippen molar-refractivity contribution in [2.75, 3.05) is 0 Å². The van der Waals surface area contributed by atoms with Gasteiger partial charge in [0, 0.05) is 11.6 Å². The summed E-state index contributed by atoms with van der Waals surface area (Å²) in [6.07, 6.45) is 2.83. The Morgan fingerprint density at radius 3 is 2.47 bits per heavy atom. The van der Waals surface area contributed by atoms with Crippen molar-refractivity contribution in [1.82, 2.24) is 0 Å². The first-order chi connectivity index (χ1) is 9.15. The lowest BCUT2D eigenvalue weighted by molar-refractivity contribution is -0.113. The fourth-order valence-corrected chi connectivity index (χ4v) is 1.51. The topological polar surface area (TPSA) is 52.3 Å². The van der Waals surface area contributed by atoms with E-state index in [1.807, 2.05) is 6.07 Å². The molecule has 0 aliphatic heterocycles. The SMILES string of the molecule is NC(=O)/C=C\c1ccccc1Oc1ccc(F)cc1. The third-order valence-corrected chi connectivity index (χ3v) is 2.39. The Bertz CT molecular complexity index is 606. The van der Waals surface area contributed by atoms with Crippen molar-refractivity contribution in [2.45, 2.75) is 0 Å². The number of hydrogen-bond acceptors (Lipinski definition) is 2. The number of halogens is 1. The zero-order valence-electron chi connectivity index (χ0n) is 10.0. The van der Waals surface area contributed by atoms with Crippen molar-refractivity contribution in [3.05, 3.63) is 66.0 Å². The zero-order chi connectivity index (χ0) is 13.7. The molecule has 2 aromatic rings. The van der Waals surface area contributed by atoms with Gasteiger partial charge in [0.05, 0.1) is 0 Å². The molecule has 0 aliphatic carbocycles. The summed E-state index contributed by atoms with van der Waals surface area (Å²) in [6.45, 7) is 0. The van der Waals surface area contributed by atoms with Crippen LogP contribution < -0.4 is 10.5 Å². The van der Waals surface area contributed by atoms with Crippen LogP contribution in [-0.4, -0.2) is 5.91 Å². The maximum atomic E-state index is 12.8. The lowest BCUT2D eigenvalue weighted by Crippen LogP contribution is -2.05. The van der Waals surface area contributed by atoms with Crippen molar-refractivity contribution >= 4 is 12.0 Å². The van der Waals surface area contributed by atoms with E-state index in [0.29, 0.717) is 17.1 Å². The number of amides is 1. The Morgan fingerprint density at radius 2 is 1.79 bits per heavy atom. The van der Waals surface area contributed by atoms with Gasteiger partial charge in [-0.3, -0.25) is 4.79 Å². The van der Waals surface area contributed by atoms with E-state index < -0.39 is 5.91 Å². The van der Waals surface area contributed by atoms with Crippen LogP contribution in [0.25, 0.3) is 6.08 Å². The number of benzene rings is 2. The maximum Gasteiger partial charge on any atom is 0.241 e. The Labute approximate surface area is 110 Å². The Hall–Kier alpha value is -2.62. The van der Waals surface area contributed by atoms with Crippen LogP contribution in [0.1, 0.15) is 5.56 Å². The number of rotatable bonds is 4. The van der Waals surface area contributed by atoms with Gasteiger partial charge in [-0.2, -0.15) is 0 Å². The van der Waals surface area contributed by atoms with Crippen molar-refractivity contribution in [1.29, 1.82) is 0 Å². The van der Waals surface area contributed by atoms with Crippen LogP contribution in [0.5, 0.6) is 11.5 Å². The number of primary amides is 1. The number of carbonyl (C=O) groups is 1. The van der Waals surface area contributed by atoms with Crippen LogP contribution in [0.4, 0.5) is 4.39 Å². The van der Waals surface area contributed by atoms with Crippen molar-refractivity contribution in [3.63, 3.8) is 0 Å². The van der Waals surface area contributed by atoms with E-state index in [-0.39, 0.29) is 5.82 Å². The first-order valence-electron chi connectivity index (χ1n) is 5.65. The van der Waals surface area contributed by atoms with Crippen LogP contribution in [0.15, 0.2) is 54.6 Å². The predicted octanol–water partition coefficient (Wildman–Crippen LogP) is 3.12. The first kappa shape index (κ1) is 12.8. The number of hydrogen-bond donors (Lipinski definition) is 1. The second-order valence-electron chi connectivity index (χ2n) is 3.83. The number of para-hydroxylation sites is 1. The highest BCUT2D eigenvalue weighted by Crippen LogP contribution is 2.26. The molecule has 0 fully saturated rings. The van der Waals surface area contributed by atoms with E-state index in [1.54, 1.807) is 24.3 Å². The third-order valence-electron chi connectivity index (χ3n) is 2.39. The minimum Gasteiger partial charge on any atom is -0.457 e. The molecule has 1 amide bonds. The molecule has 0 saturated heterocycles. The zero-order valence-corrected chi connectivity index (χ0v) is 10.0. The molecule has 0 bridgehead atoms. The molecule has 2 aromatic carbocycles. The summed E-state index contributed by atoms with van der Waals surface area (Å²) < 4.78 is 18.4. The Balaban J connectivity index is 2.24. The second kappa shape index (κ2) is 5.82. The normalized spacial score (nSPS) is 10.6. The van der Waals surface area contributed by atoms with Crippen LogP contribution in [0.3, 0.4) is 0 Å². The molecule has 0 aromatic heterocycles. The molecule has 0 radical (unpaired) electrons. The van der Waals surface area contributed by atoms with Crippen molar-refractivity contribution in [3.8, 4) is 11.5 Å². The van der Waals surface area contributed by atoms with Crippen LogP contribution in [-0.2, 0) is 4.79 Å². The first-order valence-corrected chi connectivity index (χ1v) is 5.65. The molecule has 0 spiro atoms. The summed E-state index contributed by atoms with van der Waals surface area (Å²) in [6, 6.07) is 12.9. The molecule has 0 aliphatic rings. The highest BCUT2D eigenvalue weighted by atomic mass is 19.1. The monoisotopic (exact) mass is 257 g/mol. The summed E-state index contributed by atoms with van der Waals surface area (Å²) in [7, 11) is 0. The van der Waals surface area contributed by atoms with E-state index in [9.17, 15) is 9.18 Å². The molecule has 2 N–H and O–H groups in total. The quantitative estimate of drug-likeness (QED) is 0.855. The molecule has 0 saturated carbocycles. The molecule has 2 rings (SSSR count). The molecule has 4 heteroatoms. The summed E-state index contributed by atoms with van der Waals surface area (Å²) >= 11 is 0. The van der Waals surface area contributed by atoms with E-state index in [0.717, 1.165) is 0 Å². The summed E-state index contributed by atoms with van der Waals surface area (Å²) in [5.41, 5.74) is 5.76. The molecule has 0 atom stereocenters. The van der Waals surface area contributed by atoms with Crippen molar-refractivity contribution in [2.24, 2.45) is 5.73 Å². The summed E-state index contributed by atoms with van der Waals surface area (Å²) in [5.74, 6) is 0.221. The molecular weight excluding hydrogens is 245 g/mol. The Morgan fingerprint density at radius 1 is 1.11 bits per heavy atom. The van der Waals surface area contributed by atoms with Crippen LogP contribution >= 0.6 is 0 Å². The van der Waals surface area contributed by atoms with Gasteiger partial charge in [-0.25, -0.2) is 4.39 Å². The minimum absolute atomic E-state index is 0.325. The molecule has 96 valence electrons. The van der Waals surface area contributed by atoms with Gasteiger partial charge in [-0.15, -0.1) is 0 Å². The van der Waals surface area contributed by atoms with Gasteiger partial charge in [0.2, 0.25) is 5.91 Å². The van der Waals surface area contributed by atoms with E-state index >= 15 is 0 Å². The van der Waals surface area contributed by atoms with E-state index in [4.69, 9.17) is 10.5 Å². The summed E-state index contributed by atoms with van der Waals surface area (Å²) in [5, 5.41) is 0. The molecule has 0 heterocycles. The lowest BCUT2D eigenvalue weighted by Gasteiger charge is -2.08. The van der Waals surface area contributed by atoms with Gasteiger partial charge in [0.1, 0.15) is 17.3 Å². The molecular formula is C15H12FNO2. The van der Waals surface area contributed by atoms with Gasteiger partial charge in [0.15, 0.2) is 0 Å². The smallest absolute Gasteiger partial charge is 0.241 e. The Kier molecular flexibility index (Phi) is 3.93. The van der Waals surface area contributed by atoms with Gasteiger partial charge in [0.25, 0.3) is 0 Å². The highest BCUT2D eigenvalue weighted by Gasteiger charge is 2.02. The number of ether oxygens (including phenoxy) is 1. The summed E-state index contributed by atoms with van der Waals surface area (Å²) in [4.78, 5) is 10.7. The van der Waals surface area contributed by atoms with Gasteiger partial charge in [-0.1, -0.05) is 18.2 Å². The van der Waals surface area contributed by atoms with Crippen LogP contribution in [0, 0.1) is 5.82 Å². The fraction of sp³-hybridized carbons (Fsp3) is 0. The molecule has 3 nitrogen and oxygen atoms in total. The van der Waals surface area contributed by atoms with Gasteiger partial charge >= 0.3 is 0 Å². The predicted molar refractivity (Wildman–Crippen MR) is 71.1 cm³/mol. The van der Waals surface area contributed by atoms with Gasteiger partial charge < -0.3 is 10.5 Å². The van der Waals surface area contributed by atoms with Gasteiger partial charge in [-0.05, 0) is 36.4 Å². The standard InChI is InChI=1S/C15H12FNO2/c16-12-6-8-13(9-7-12)19-14-4-2-1-3-11(14)5-10-15(17)18/h1-10H,(H2,17,18)/b10-5-. The number of nitrogens with two attached hydrogens (primary N) is 1. The highest BCUT2D eigenvalue weighted by molar-refractivity contribution is 5.90. The average Bonchev–Trinajstić information content (AvgIpc) is 2.40. The second-order valence-corrected chi connectivity index (χ2v) is 3.83. The lowest BCUT2D eigenvalue weighted by atomic mass is 10.2.